The van der Waals surface area contributed by atoms with Crippen LogP contribution in [0.15, 0.2) is 29.8 Å². The number of ketones is 1. The quantitative estimate of drug-likeness (QED) is 0.662. The molecule has 1 aromatic rings. The second-order valence-electron chi connectivity index (χ2n) is 4.56. The zero-order valence-corrected chi connectivity index (χ0v) is 10.7. The van der Waals surface area contributed by atoms with Crippen molar-refractivity contribution < 1.29 is 4.79 Å². The first-order valence-corrected chi connectivity index (χ1v) is 6.63. The summed E-state index contributed by atoms with van der Waals surface area (Å²) < 4.78 is 0. The van der Waals surface area contributed by atoms with E-state index in [2.05, 4.69) is 0 Å². The van der Waals surface area contributed by atoms with E-state index >= 15 is 0 Å². The number of hydrogen-bond acceptors (Lipinski definition) is 1. The van der Waals surface area contributed by atoms with Gasteiger partial charge in [-0.05, 0) is 48.6 Å². The van der Waals surface area contributed by atoms with Crippen LogP contribution in [-0.4, -0.2) is 5.78 Å². The summed E-state index contributed by atoms with van der Waals surface area (Å²) in [6.07, 6.45) is 8.25. The number of rotatable bonds is 1. The van der Waals surface area contributed by atoms with E-state index in [1.807, 2.05) is 30.3 Å². The summed E-state index contributed by atoms with van der Waals surface area (Å²) in [5, 5.41) is 0.733. The minimum Gasteiger partial charge on any atom is -0.295 e. The molecule has 17 heavy (non-hydrogen) atoms. The van der Waals surface area contributed by atoms with Gasteiger partial charge < -0.3 is 0 Å². The third kappa shape index (κ3) is 3.71. The molecule has 0 aliphatic heterocycles. The van der Waals surface area contributed by atoms with Gasteiger partial charge in [0.15, 0.2) is 5.78 Å². The molecule has 0 N–H and O–H groups in total. The summed E-state index contributed by atoms with van der Waals surface area (Å²) in [7, 11) is 0. The van der Waals surface area contributed by atoms with Gasteiger partial charge in [-0.15, -0.1) is 0 Å². The lowest BCUT2D eigenvalue weighted by Crippen LogP contribution is -2.05. The van der Waals surface area contributed by atoms with Gasteiger partial charge >= 0.3 is 0 Å². The Bertz CT molecular complexity index is 417. The van der Waals surface area contributed by atoms with Crippen LogP contribution in [0.3, 0.4) is 0 Å². The molecular formula is C15H17ClO. The molecular weight excluding hydrogens is 232 g/mol. The van der Waals surface area contributed by atoms with Gasteiger partial charge in [0.2, 0.25) is 0 Å². The van der Waals surface area contributed by atoms with E-state index in [-0.39, 0.29) is 0 Å². The Morgan fingerprint density at radius 1 is 0.941 bits per heavy atom. The first-order valence-electron chi connectivity index (χ1n) is 6.25. The summed E-state index contributed by atoms with van der Waals surface area (Å²) in [5.41, 5.74) is 2.05. The molecule has 0 bridgehead atoms. The maximum absolute atomic E-state index is 11.9. The Morgan fingerprint density at radius 2 is 1.59 bits per heavy atom. The number of halogens is 1. The zero-order chi connectivity index (χ0) is 12.1. The SMILES string of the molecule is O=C1CCCCCC/C1=C/c1ccc(Cl)cc1. The standard InChI is InChI=1S/C15H17ClO/c16-14-9-7-12(8-10-14)11-13-5-3-1-2-4-6-15(13)17/h7-11H,1-6H2/b13-11-. The fourth-order valence-electron chi connectivity index (χ4n) is 2.17. The van der Waals surface area contributed by atoms with Crippen LogP contribution >= 0.6 is 11.6 Å². The monoisotopic (exact) mass is 248 g/mol. The highest BCUT2D eigenvalue weighted by Crippen LogP contribution is 2.21. The smallest absolute Gasteiger partial charge is 0.158 e. The van der Waals surface area contributed by atoms with Crippen LogP contribution in [0.4, 0.5) is 0 Å². The van der Waals surface area contributed by atoms with E-state index in [0.717, 1.165) is 35.4 Å². The van der Waals surface area contributed by atoms with E-state index in [1.165, 1.54) is 12.8 Å². The molecule has 0 amide bonds. The van der Waals surface area contributed by atoms with Gasteiger partial charge in [0.1, 0.15) is 0 Å². The average Bonchev–Trinajstić information content (AvgIpc) is 2.31. The van der Waals surface area contributed by atoms with Crippen LogP contribution in [0.1, 0.15) is 44.1 Å². The van der Waals surface area contributed by atoms with Gasteiger partial charge in [-0.25, -0.2) is 0 Å². The lowest BCUT2D eigenvalue weighted by molar-refractivity contribution is -0.115. The van der Waals surface area contributed by atoms with Crippen molar-refractivity contribution >= 4 is 23.5 Å². The minimum absolute atomic E-state index is 0.319. The van der Waals surface area contributed by atoms with Gasteiger partial charge in [-0.2, -0.15) is 0 Å². The number of benzene rings is 1. The molecule has 0 saturated heterocycles. The van der Waals surface area contributed by atoms with E-state index in [9.17, 15) is 4.79 Å². The molecule has 0 radical (unpaired) electrons. The highest BCUT2D eigenvalue weighted by molar-refractivity contribution is 6.30. The Morgan fingerprint density at radius 3 is 2.29 bits per heavy atom. The molecule has 2 rings (SSSR count). The summed E-state index contributed by atoms with van der Waals surface area (Å²) in [4.78, 5) is 11.9. The average molecular weight is 249 g/mol. The number of Topliss-reactive ketones (excluding diaryl/α,β-unsaturated/α-hetero) is 1. The van der Waals surface area contributed by atoms with Crippen molar-refractivity contribution in [2.75, 3.05) is 0 Å². The van der Waals surface area contributed by atoms with Crippen molar-refractivity contribution in [1.82, 2.24) is 0 Å². The predicted octanol–water partition coefficient (Wildman–Crippen LogP) is 4.65. The molecule has 1 saturated carbocycles. The fourth-order valence-corrected chi connectivity index (χ4v) is 2.29. The van der Waals surface area contributed by atoms with Crippen molar-refractivity contribution in [3.05, 3.63) is 40.4 Å². The summed E-state index contributed by atoms with van der Waals surface area (Å²) in [5.74, 6) is 0.319. The highest BCUT2D eigenvalue weighted by Gasteiger charge is 2.12. The second kappa shape index (κ2) is 6.02. The van der Waals surface area contributed by atoms with Crippen LogP contribution in [-0.2, 0) is 4.79 Å². The largest absolute Gasteiger partial charge is 0.295 e. The van der Waals surface area contributed by atoms with Crippen molar-refractivity contribution in [2.45, 2.75) is 38.5 Å². The van der Waals surface area contributed by atoms with Crippen molar-refractivity contribution in [2.24, 2.45) is 0 Å². The predicted molar refractivity (Wildman–Crippen MR) is 72.1 cm³/mol. The maximum atomic E-state index is 11.9. The van der Waals surface area contributed by atoms with Gasteiger partial charge in [-0.3, -0.25) is 4.79 Å². The van der Waals surface area contributed by atoms with E-state index < -0.39 is 0 Å². The number of hydrogen-bond donors (Lipinski definition) is 0. The molecule has 1 fully saturated rings. The summed E-state index contributed by atoms with van der Waals surface area (Å²) in [6.45, 7) is 0. The molecule has 1 aliphatic rings. The van der Waals surface area contributed by atoms with Gasteiger partial charge in [-0.1, -0.05) is 36.6 Å². The third-order valence-corrected chi connectivity index (χ3v) is 3.42. The Kier molecular flexibility index (Phi) is 4.38. The normalized spacial score (nSPS) is 20.1. The van der Waals surface area contributed by atoms with Crippen molar-refractivity contribution in [1.29, 1.82) is 0 Å². The Labute approximate surface area is 107 Å². The van der Waals surface area contributed by atoms with Crippen LogP contribution in [0, 0.1) is 0 Å². The molecule has 90 valence electrons. The van der Waals surface area contributed by atoms with Crippen molar-refractivity contribution in [3.8, 4) is 0 Å². The Hall–Kier alpha value is -1.08. The van der Waals surface area contributed by atoms with Crippen LogP contribution in [0.5, 0.6) is 0 Å². The molecule has 1 aliphatic carbocycles. The second-order valence-corrected chi connectivity index (χ2v) is 4.99. The van der Waals surface area contributed by atoms with Gasteiger partial charge in [0, 0.05) is 11.4 Å². The molecule has 2 heteroatoms. The first-order chi connectivity index (χ1) is 8.25. The molecule has 1 aromatic carbocycles. The highest BCUT2D eigenvalue weighted by atomic mass is 35.5. The number of allylic oxidation sites excluding steroid dienone is 1. The molecule has 0 heterocycles. The Balaban J connectivity index is 2.17. The van der Waals surface area contributed by atoms with E-state index in [4.69, 9.17) is 11.6 Å². The first kappa shape index (κ1) is 12.4. The molecule has 0 unspecified atom stereocenters. The zero-order valence-electron chi connectivity index (χ0n) is 9.92. The summed E-state index contributed by atoms with van der Waals surface area (Å²) >= 11 is 5.84. The lowest BCUT2D eigenvalue weighted by Gasteiger charge is -2.11. The maximum Gasteiger partial charge on any atom is 0.158 e. The number of carbonyl (C=O) groups is 1. The van der Waals surface area contributed by atoms with Gasteiger partial charge in [0.25, 0.3) is 0 Å². The third-order valence-electron chi connectivity index (χ3n) is 3.17. The summed E-state index contributed by atoms with van der Waals surface area (Å²) in [6, 6.07) is 7.64. The van der Waals surface area contributed by atoms with E-state index in [0.29, 0.717) is 12.2 Å². The van der Waals surface area contributed by atoms with E-state index in [1.54, 1.807) is 0 Å². The van der Waals surface area contributed by atoms with Gasteiger partial charge in [0.05, 0.1) is 0 Å². The van der Waals surface area contributed by atoms with Crippen LogP contribution in [0.25, 0.3) is 6.08 Å². The van der Waals surface area contributed by atoms with Crippen LogP contribution in [0.2, 0.25) is 5.02 Å². The minimum atomic E-state index is 0.319. The van der Waals surface area contributed by atoms with Crippen LogP contribution < -0.4 is 0 Å². The number of carbonyl (C=O) groups excluding carboxylic acids is 1. The molecule has 0 atom stereocenters. The fraction of sp³-hybridized carbons (Fsp3) is 0.400. The van der Waals surface area contributed by atoms with Crippen molar-refractivity contribution in [3.63, 3.8) is 0 Å². The molecule has 0 aromatic heterocycles. The molecule has 1 nitrogen and oxygen atoms in total. The molecule has 0 spiro atoms. The topological polar surface area (TPSA) is 17.1 Å². The lowest BCUT2D eigenvalue weighted by atomic mass is 9.94.